The lowest BCUT2D eigenvalue weighted by Gasteiger charge is -2.11. The highest BCUT2D eigenvalue weighted by Gasteiger charge is 2.27. The fourth-order valence-electron chi connectivity index (χ4n) is 3.37. The molecule has 0 amide bonds. The number of H-pyrrole nitrogens is 1. The summed E-state index contributed by atoms with van der Waals surface area (Å²) >= 11 is 0. The standard InChI is InChI=1S/C18H20N2O/c21-18-15-8-2-1-3-9-16(15)19-17(20-18)14-7-5-4-6-13(14)12-10-11-12/h4-7,12H,1-3,8-11H2,(H,19,20,21). The molecule has 0 aliphatic heterocycles. The van der Waals surface area contributed by atoms with Gasteiger partial charge in [0.2, 0.25) is 0 Å². The number of nitrogens with one attached hydrogen (secondary N) is 1. The maximum absolute atomic E-state index is 12.4. The summed E-state index contributed by atoms with van der Waals surface area (Å²) in [5.74, 6) is 1.42. The second kappa shape index (κ2) is 5.14. The number of aromatic amines is 1. The van der Waals surface area contributed by atoms with Crippen molar-refractivity contribution in [3.05, 3.63) is 51.4 Å². The van der Waals surface area contributed by atoms with Crippen molar-refractivity contribution in [2.24, 2.45) is 0 Å². The molecule has 1 fully saturated rings. The molecule has 0 bridgehead atoms. The summed E-state index contributed by atoms with van der Waals surface area (Å²) in [7, 11) is 0. The molecule has 0 radical (unpaired) electrons. The molecule has 1 aromatic heterocycles. The summed E-state index contributed by atoms with van der Waals surface area (Å²) in [6.45, 7) is 0. The van der Waals surface area contributed by atoms with Crippen LogP contribution in [0.2, 0.25) is 0 Å². The van der Waals surface area contributed by atoms with E-state index in [1.54, 1.807) is 0 Å². The number of benzene rings is 1. The Morgan fingerprint density at radius 3 is 2.71 bits per heavy atom. The Hall–Kier alpha value is -1.90. The predicted molar refractivity (Wildman–Crippen MR) is 83.5 cm³/mol. The largest absolute Gasteiger partial charge is 0.306 e. The van der Waals surface area contributed by atoms with Gasteiger partial charge in [-0.2, -0.15) is 0 Å². The second-order valence-corrected chi connectivity index (χ2v) is 6.26. The monoisotopic (exact) mass is 280 g/mol. The molecule has 2 aliphatic rings. The van der Waals surface area contributed by atoms with Gasteiger partial charge in [0.25, 0.3) is 5.56 Å². The molecular weight excluding hydrogens is 260 g/mol. The Morgan fingerprint density at radius 2 is 1.86 bits per heavy atom. The smallest absolute Gasteiger partial charge is 0.254 e. The molecule has 0 spiro atoms. The minimum atomic E-state index is 0.0718. The molecule has 21 heavy (non-hydrogen) atoms. The van der Waals surface area contributed by atoms with Crippen molar-refractivity contribution in [1.82, 2.24) is 9.97 Å². The molecule has 3 nitrogen and oxygen atoms in total. The van der Waals surface area contributed by atoms with Crippen LogP contribution in [0.1, 0.15) is 54.8 Å². The summed E-state index contributed by atoms with van der Waals surface area (Å²) < 4.78 is 0. The van der Waals surface area contributed by atoms with Gasteiger partial charge in [0.05, 0.1) is 5.69 Å². The lowest BCUT2D eigenvalue weighted by atomic mass is 10.0. The number of hydrogen-bond donors (Lipinski definition) is 1. The van der Waals surface area contributed by atoms with Gasteiger partial charge in [0, 0.05) is 11.1 Å². The molecule has 4 rings (SSSR count). The van der Waals surface area contributed by atoms with Crippen LogP contribution in [-0.2, 0) is 12.8 Å². The van der Waals surface area contributed by atoms with Crippen LogP contribution in [0.15, 0.2) is 29.1 Å². The highest BCUT2D eigenvalue weighted by molar-refractivity contribution is 5.62. The van der Waals surface area contributed by atoms with Crippen LogP contribution < -0.4 is 5.56 Å². The van der Waals surface area contributed by atoms with Crippen molar-refractivity contribution in [2.45, 2.75) is 50.9 Å². The van der Waals surface area contributed by atoms with Gasteiger partial charge >= 0.3 is 0 Å². The van der Waals surface area contributed by atoms with E-state index in [4.69, 9.17) is 4.98 Å². The number of rotatable bonds is 2. The number of nitrogens with zero attached hydrogens (tertiary/aromatic N) is 1. The van der Waals surface area contributed by atoms with E-state index < -0.39 is 0 Å². The molecule has 1 aromatic carbocycles. The van der Waals surface area contributed by atoms with Crippen molar-refractivity contribution >= 4 is 0 Å². The van der Waals surface area contributed by atoms with Gasteiger partial charge in [-0.3, -0.25) is 4.79 Å². The Balaban J connectivity index is 1.84. The van der Waals surface area contributed by atoms with Gasteiger partial charge in [-0.25, -0.2) is 4.98 Å². The molecule has 2 aromatic rings. The fraction of sp³-hybridized carbons (Fsp3) is 0.444. The molecule has 1 saturated carbocycles. The van der Waals surface area contributed by atoms with Crippen molar-refractivity contribution in [2.75, 3.05) is 0 Å². The van der Waals surface area contributed by atoms with Crippen LogP contribution in [0.5, 0.6) is 0 Å². The molecule has 3 heteroatoms. The van der Waals surface area contributed by atoms with E-state index in [9.17, 15) is 4.79 Å². The highest BCUT2D eigenvalue weighted by Crippen LogP contribution is 2.43. The third-order valence-electron chi connectivity index (χ3n) is 4.67. The van der Waals surface area contributed by atoms with Gasteiger partial charge in [-0.1, -0.05) is 30.7 Å². The van der Waals surface area contributed by atoms with Crippen LogP contribution in [0.25, 0.3) is 11.4 Å². The molecule has 1 heterocycles. The summed E-state index contributed by atoms with van der Waals surface area (Å²) in [4.78, 5) is 20.3. The van der Waals surface area contributed by atoms with Crippen LogP contribution in [0.3, 0.4) is 0 Å². The normalized spacial score (nSPS) is 18.1. The molecule has 1 N–H and O–H groups in total. The summed E-state index contributed by atoms with van der Waals surface area (Å²) in [6, 6.07) is 8.39. The number of aromatic nitrogens is 2. The van der Waals surface area contributed by atoms with Crippen LogP contribution in [-0.4, -0.2) is 9.97 Å². The Labute approximate surface area is 124 Å². The van der Waals surface area contributed by atoms with E-state index in [0.717, 1.165) is 48.3 Å². The quantitative estimate of drug-likeness (QED) is 0.855. The molecule has 2 aliphatic carbocycles. The van der Waals surface area contributed by atoms with Gasteiger partial charge in [-0.05, 0) is 50.0 Å². The fourth-order valence-corrected chi connectivity index (χ4v) is 3.37. The van der Waals surface area contributed by atoms with Crippen molar-refractivity contribution < 1.29 is 0 Å². The van der Waals surface area contributed by atoms with Gasteiger partial charge in [-0.15, -0.1) is 0 Å². The zero-order valence-corrected chi connectivity index (χ0v) is 12.2. The summed E-state index contributed by atoms with van der Waals surface area (Å²) in [5, 5.41) is 0. The zero-order valence-electron chi connectivity index (χ0n) is 12.2. The first kappa shape index (κ1) is 12.8. The molecular formula is C18H20N2O. The average molecular weight is 280 g/mol. The Morgan fingerprint density at radius 1 is 1.05 bits per heavy atom. The van der Waals surface area contributed by atoms with Crippen molar-refractivity contribution in [1.29, 1.82) is 0 Å². The van der Waals surface area contributed by atoms with Crippen LogP contribution in [0.4, 0.5) is 0 Å². The van der Waals surface area contributed by atoms with E-state index in [2.05, 4.69) is 23.2 Å². The Kier molecular flexibility index (Phi) is 3.13. The Bertz CT molecular complexity index is 728. The van der Waals surface area contributed by atoms with E-state index in [-0.39, 0.29) is 5.56 Å². The minimum Gasteiger partial charge on any atom is -0.306 e. The van der Waals surface area contributed by atoms with Gasteiger partial charge in [0.15, 0.2) is 0 Å². The van der Waals surface area contributed by atoms with Gasteiger partial charge in [0.1, 0.15) is 5.82 Å². The maximum Gasteiger partial charge on any atom is 0.254 e. The minimum absolute atomic E-state index is 0.0718. The summed E-state index contributed by atoms with van der Waals surface area (Å²) in [5.41, 5.74) is 4.47. The van der Waals surface area contributed by atoms with E-state index >= 15 is 0 Å². The van der Waals surface area contributed by atoms with Gasteiger partial charge < -0.3 is 4.98 Å². The lowest BCUT2D eigenvalue weighted by Crippen LogP contribution is -2.18. The van der Waals surface area contributed by atoms with Crippen molar-refractivity contribution in [3.8, 4) is 11.4 Å². The maximum atomic E-state index is 12.4. The number of hydrogen-bond acceptors (Lipinski definition) is 2. The first-order chi connectivity index (χ1) is 10.3. The van der Waals surface area contributed by atoms with E-state index in [1.807, 2.05) is 6.07 Å². The number of fused-ring (bicyclic) bond motifs is 1. The van der Waals surface area contributed by atoms with Crippen molar-refractivity contribution in [3.63, 3.8) is 0 Å². The summed E-state index contributed by atoms with van der Waals surface area (Å²) in [6.07, 6.45) is 7.78. The highest BCUT2D eigenvalue weighted by atomic mass is 16.1. The first-order valence-electron chi connectivity index (χ1n) is 8.04. The predicted octanol–water partition coefficient (Wildman–Crippen LogP) is 3.58. The third kappa shape index (κ3) is 2.41. The molecule has 0 unspecified atom stereocenters. The molecule has 108 valence electrons. The van der Waals surface area contributed by atoms with Crippen LogP contribution in [0, 0.1) is 0 Å². The zero-order chi connectivity index (χ0) is 14.2. The first-order valence-corrected chi connectivity index (χ1v) is 8.04. The molecule has 0 saturated heterocycles. The number of aryl methyl sites for hydroxylation is 1. The third-order valence-corrected chi connectivity index (χ3v) is 4.67. The molecule has 0 atom stereocenters. The van der Waals surface area contributed by atoms with E-state index in [1.165, 1.54) is 24.8 Å². The second-order valence-electron chi connectivity index (χ2n) is 6.26. The van der Waals surface area contributed by atoms with E-state index in [0.29, 0.717) is 5.92 Å². The topological polar surface area (TPSA) is 45.8 Å². The SMILES string of the molecule is O=c1[nH]c(-c2ccccc2C2CC2)nc2c1CCCCC2. The average Bonchev–Trinajstić information content (AvgIpc) is 3.34. The lowest BCUT2D eigenvalue weighted by molar-refractivity contribution is 0.708. The van der Waals surface area contributed by atoms with Crippen LogP contribution >= 0.6 is 0 Å².